The molecule has 0 saturated carbocycles. The SMILES string of the molecule is C(=Cc1ccc2ccccc2n1)c1cnn(-c2ccccc2)c1. The Kier molecular flexibility index (Phi) is 3.45. The molecule has 0 fully saturated rings. The Hall–Kier alpha value is -3.20. The van der Waals surface area contributed by atoms with Crippen LogP contribution >= 0.6 is 0 Å². The van der Waals surface area contributed by atoms with E-state index in [0.29, 0.717) is 0 Å². The van der Waals surface area contributed by atoms with Gasteiger partial charge in [0.15, 0.2) is 0 Å². The molecule has 2 heterocycles. The Labute approximate surface area is 134 Å². The summed E-state index contributed by atoms with van der Waals surface area (Å²) in [6.07, 6.45) is 7.90. The van der Waals surface area contributed by atoms with E-state index in [9.17, 15) is 0 Å². The van der Waals surface area contributed by atoms with E-state index in [4.69, 9.17) is 0 Å². The van der Waals surface area contributed by atoms with Gasteiger partial charge in [-0.1, -0.05) is 42.5 Å². The molecule has 4 rings (SSSR count). The number of fused-ring (bicyclic) bond motifs is 1. The number of para-hydroxylation sites is 2. The number of pyridine rings is 1. The minimum absolute atomic E-state index is 0.941. The third kappa shape index (κ3) is 2.90. The van der Waals surface area contributed by atoms with Crippen molar-refractivity contribution in [2.45, 2.75) is 0 Å². The van der Waals surface area contributed by atoms with Crippen molar-refractivity contribution in [3.63, 3.8) is 0 Å². The fraction of sp³-hybridized carbons (Fsp3) is 0. The molecular weight excluding hydrogens is 282 g/mol. The van der Waals surface area contributed by atoms with Crippen molar-refractivity contribution in [1.82, 2.24) is 14.8 Å². The average Bonchev–Trinajstić information content (AvgIpc) is 3.10. The van der Waals surface area contributed by atoms with Gasteiger partial charge in [0.2, 0.25) is 0 Å². The van der Waals surface area contributed by atoms with Crippen molar-refractivity contribution >= 4 is 23.1 Å². The van der Waals surface area contributed by atoms with Gasteiger partial charge in [-0.25, -0.2) is 9.67 Å². The first-order valence-corrected chi connectivity index (χ1v) is 7.52. The minimum atomic E-state index is 0.941. The van der Waals surface area contributed by atoms with Gasteiger partial charge in [0.25, 0.3) is 0 Å². The normalized spacial score (nSPS) is 11.3. The van der Waals surface area contributed by atoms with Crippen molar-refractivity contribution in [3.05, 3.63) is 90.4 Å². The highest BCUT2D eigenvalue weighted by Gasteiger charge is 1.98. The zero-order valence-corrected chi connectivity index (χ0v) is 12.5. The van der Waals surface area contributed by atoms with Gasteiger partial charge < -0.3 is 0 Å². The molecule has 0 saturated heterocycles. The Morgan fingerprint density at radius 3 is 2.52 bits per heavy atom. The molecule has 0 aliphatic heterocycles. The maximum atomic E-state index is 4.64. The van der Waals surface area contributed by atoms with E-state index < -0.39 is 0 Å². The molecule has 3 heteroatoms. The summed E-state index contributed by atoms with van der Waals surface area (Å²) in [6.45, 7) is 0. The van der Waals surface area contributed by atoms with E-state index in [0.717, 1.165) is 27.8 Å². The fourth-order valence-electron chi connectivity index (χ4n) is 2.50. The molecule has 0 atom stereocenters. The number of hydrogen-bond donors (Lipinski definition) is 0. The number of benzene rings is 2. The lowest BCUT2D eigenvalue weighted by molar-refractivity contribution is 0.880. The molecule has 2 aromatic heterocycles. The number of rotatable bonds is 3. The van der Waals surface area contributed by atoms with Crippen molar-refractivity contribution in [3.8, 4) is 5.69 Å². The summed E-state index contributed by atoms with van der Waals surface area (Å²) in [5, 5.41) is 5.55. The highest BCUT2D eigenvalue weighted by molar-refractivity contribution is 5.80. The van der Waals surface area contributed by atoms with Crippen molar-refractivity contribution in [1.29, 1.82) is 0 Å². The summed E-state index contributed by atoms with van der Waals surface area (Å²) in [5.41, 5.74) is 4.05. The largest absolute Gasteiger partial charge is 0.248 e. The summed E-state index contributed by atoms with van der Waals surface area (Å²) < 4.78 is 1.87. The average molecular weight is 297 g/mol. The monoisotopic (exact) mass is 297 g/mol. The second kappa shape index (κ2) is 5.89. The van der Waals surface area contributed by atoms with Gasteiger partial charge in [-0.05, 0) is 36.4 Å². The van der Waals surface area contributed by atoms with Gasteiger partial charge in [-0.3, -0.25) is 0 Å². The molecule has 110 valence electrons. The van der Waals surface area contributed by atoms with E-state index in [-0.39, 0.29) is 0 Å². The second-order valence-corrected chi connectivity index (χ2v) is 5.32. The third-order valence-electron chi connectivity index (χ3n) is 3.69. The van der Waals surface area contributed by atoms with Crippen LogP contribution in [0.3, 0.4) is 0 Å². The number of hydrogen-bond acceptors (Lipinski definition) is 2. The lowest BCUT2D eigenvalue weighted by Gasteiger charge is -1.98. The fourth-order valence-corrected chi connectivity index (χ4v) is 2.50. The van der Waals surface area contributed by atoms with Crippen LogP contribution in [0, 0.1) is 0 Å². The van der Waals surface area contributed by atoms with E-state index >= 15 is 0 Å². The van der Waals surface area contributed by atoms with E-state index in [1.165, 1.54) is 0 Å². The van der Waals surface area contributed by atoms with Crippen molar-refractivity contribution < 1.29 is 0 Å². The van der Waals surface area contributed by atoms with E-state index in [1.54, 1.807) is 0 Å². The van der Waals surface area contributed by atoms with Gasteiger partial charge >= 0.3 is 0 Å². The first-order valence-electron chi connectivity index (χ1n) is 7.52. The molecule has 0 radical (unpaired) electrons. The smallest absolute Gasteiger partial charge is 0.0709 e. The lowest BCUT2D eigenvalue weighted by atomic mass is 10.2. The topological polar surface area (TPSA) is 30.7 Å². The zero-order chi connectivity index (χ0) is 15.5. The van der Waals surface area contributed by atoms with Gasteiger partial charge in [-0.2, -0.15) is 5.10 Å². The van der Waals surface area contributed by atoms with Crippen molar-refractivity contribution in [2.24, 2.45) is 0 Å². The van der Waals surface area contributed by atoms with Crippen LogP contribution in [-0.4, -0.2) is 14.8 Å². The maximum Gasteiger partial charge on any atom is 0.0709 e. The highest BCUT2D eigenvalue weighted by Crippen LogP contribution is 2.14. The van der Waals surface area contributed by atoms with Crippen LogP contribution in [0.2, 0.25) is 0 Å². The van der Waals surface area contributed by atoms with E-state index in [2.05, 4.69) is 22.2 Å². The second-order valence-electron chi connectivity index (χ2n) is 5.32. The predicted octanol–water partition coefficient (Wildman–Crippen LogP) is 4.59. The Morgan fingerprint density at radius 1 is 0.783 bits per heavy atom. The van der Waals surface area contributed by atoms with Crippen LogP contribution in [0.15, 0.2) is 79.1 Å². The minimum Gasteiger partial charge on any atom is -0.248 e. The molecule has 0 N–H and O–H groups in total. The molecular formula is C20H15N3. The maximum absolute atomic E-state index is 4.64. The van der Waals surface area contributed by atoms with Crippen LogP contribution < -0.4 is 0 Å². The highest BCUT2D eigenvalue weighted by atomic mass is 15.3. The summed E-state index contributed by atoms with van der Waals surface area (Å²) >= 11 is 0. The number of nitrogens with zero attached hydrogens (tertiary/aromatic N) is 3. The lowest BCUT2D eigenvalue weighted by Crippen LogP contribution is -1.92. The Balaban J connectivity index is 1.59. The summed E-state index contributed by atoms with van der Waals surface area (Å²) in [5.74, 6) is 0. The Morgan fingerprint density at radius 2 is 1.61 bits per heavy atom. The third-order valence-corrected chi connectivity index (χ3v) is 3.69. The molecule has 0 unspecified atom stereocenters. The molecule has 3 nitrogen and oxygen atoms in total. The molecule has 0 spiro atoms. The first-order chi connectivity index (χ1) is 11.4. The first kappa shape index (κ1) is 13.5. The van der Waals surface area contributed by atoms with Gasteiger partial charge in [0.05, 0.1) is 23.1 Å². The zero-order valence-electron chi connectivity index (χ0n) is 12.5. The van der Waals surface area contributed by atoms with Crippen LogP contribution in [0.4, 0.5) is 0 Å². The molecule has 0 aliphatic rings. The molecule has 0 amide bonds. The van der Waals surface area contributed by atoms with Gasteiger partial charge in [-0.15, -0.1) is 0 Å². The van der Waals surface area contributed by atoms with E-state index in [1.807, 2.05) is 83.8 Å². The molecule has 4 aromatic rings. The molecule has 0 bridgehead atoms. The number of aromatic nitrogens is 3. The molecule has 0 aliphatic carbocycles. The quantitative estimate of drug-likeness (QED) is 0.553. The predicted molar refractivity (Wildman–Crippen MR) is 94.2 cm³/mol. The summed E-state index contributed by atoms with van der Waals surface area (Å²) in [4.78, 5) is 4.64. The van der Waals surface area contributed by atoms with Crippen LogP contribution in [0.1, 0.15) is 11.3 Å². The van der Waals surface area contributed by atoms with Crippen LogP contribution in [0.25, 0.3) is 28.7 Å². The Bertz CT molecular complexity index is 968. The standard InChI is InChI=1S/C20H15N3/c1-2-7-19(8-3-1)23-15-16(14-21-23)10-12-18-13-11-17-6-4-5-9-20(17)22-18/h1-15H. The summed E-state index contributed by atoms with van der Waals surface area (Å²) in [7, 11) is 0. The van der Waals surface area contributed by atoms with Gasteiger partial charge in [0, 0.05) is 17.1 Å². The molecule has 23 heavy (non-hydrogen) atoms. The van der Waals surface area contributed by atoms with Crippen molar-refractivity contribution in [2.75, 3.05) is 0 Å². The van der Waals surface area contributed by atoms with Crippen LogP contribution in [0.5, 0.6) is 0 Å². The summed E-state index contributed by atoms with van der Waals surface area (Å²) in [6, 6.07) is 22.3. The van der Waals surface area contributed by atoms with Gasteiger partial charge in [0.1, 0.15) is 0 Å². The molecule has 2 aromatic carbocycles. The van der Waals surface area contributed by atoms with Crippen LogP contribution in [-0.2, 0) is 0 Å².